The van der Waals surface area contributed by atoms with Gasteiger partial charge in [0, 0.05) is 34.8 Å². The summed E-state index contributed by atoms with van der Waals surface area (Å²) in [4.78, 5) is 26.7. The number of hydrogen-bond donors (Lipinski definition) is 2. The molecule has 272 valence electrons. The van der Waals surface area contributed by atoms with E-state index in [4.69, 9.17) is 13.7 Å². The summed E-state index contributed by atoms with van der Waals surface area (Å²) in [7, 11) is -4.13. The first-order valence-corrected chi connectivity index (χ1v) is 19.0. The molecule has 0 aliphatic rings. The predicted octanol–water partition coefficient (Wildman–Crippen LogP) is 9.63. The molecule has 53 heavy (non-hydrogen) atoms. The SMILES string of the molecule is C=C(OC(C)(C)C)n1cccc1-c1ccc(C(Cc2ccc(C(=O)CCCS(=O)(=O)O)cc2)C(=O)Nc2ccc(-c3cc4ccccc4o3)cc2)cc1. The minimum Gasteiger partial charge on any atom is -0.473 e. The topological polar surface area (TPSA) is 128 Å². The van der Waals surface area contributed by atoms with Gasteiger partial charge in [0.15, 0.2) is 11.7 Å². The highest BCUT2D eigenvalue weighted by Crippen LogP contribution is 2.31. The molecular weight excluding hydrogens is 689 g/mol. The van der Waals surface area contributed by atoms with Crippen molar-refractivity contribution in [3.05, 3.63) is 145 Å². The van der Waals surface area contributed by atoms with E-state index in [0.717, 1.165) is 44.7 Å². The first kappa shape index (κ1) is 37.1. The number of benzene rings is 4. The number of nitrogens with zero attached hydrogens (tertiary/aromatic N) is 1. The van der Waals surface area contributed by atoms with Crippen LogP contribution in [-0.4, -0.2) is 40.6 Å². The van der Waals surface area contributed by atoms with Crippen molar-refractivity contribution < 1.29 is 31.7 Å². The molecule has 0 fully saturated rings. The molecule has 0 aliphatic carbocycles. The number of aromatic nitrogens is 1. The van der Waals surface area contributed by atoms with E-state index >= 15 is 0 Å². The van der Waals surface area contributed by atoms with Gasteiger partial charge in [0.05, 0.1) is 17.4 Å². The first-order chi connectivity index (χ1) is 25.2. The van der Waals surface area contributed by atoms with Crippen LogP contribution in [0.5, 0.6) is 0 Å². The molecule has 6 rings (SSSR count). The van der Waals surface area contributed by atoms with E-state index < -0.39 is 27.4 Å². The highest BCUT2D eigenvalue weighted by Gasteiger charge is 2.23. The van der Waals surface area contributed by atoms with E-state index in [2.05, 4.69) is 11.9 Å². The zero-order valence-corrected chi connectivity index (χ0v) is 30.7. The number of anilines is 1. The summed E-state index contributed by atoms with van der Waals surface area (Å²) in [5.74, 6) is -0.235. The zero-order valence-electron chi connectivity index (χ0n) is 29.9. The molecule has 0 radical (unpaired) electrons. The number of Topliss-reactive ketones (excluding diaryl/α,β-unsaturated/α-hetero) is 1. The summed E-state index contributed by atoms with van der Waals surface area (Å²) in [6.07, 6.45) is 2.27. The van der Waals surface area contributed by atoms with E-state index in [-0.39, 0.29) is 24.5 Å². The Bertz CT molecular complexity index is 2310. The number of nitrogens with one attached hydrogen (secondary N) is 1. The molecule has 1 atom stereocenters. The Balaban J connectivity index is 1.23. The number of carbonyl (C=O) groups excluding carboxylic acids is 2. The van der Waals surface area contributed by atoms with E-state index in [1.807, 2.05) is 123 Å². The molecule has 0 saturated carbocycles. The second kappa shape index (κ2) is 15.5. The van der Waals surface area contributed by atoms with Crippen LogP contribution in [0.15, 0.2) is 132 Å². The van der Waals surface area contributed by atoms with Crippen molar-refractivity contribution in [3.8, 4) is 22.6 Å². The maximum Gasteiger partial charge on any atom is 0.264 e. The highest BCUT2D eigenvalue weighted by molar-refractivity contribution is 7.85. The van der Waals surface area contributed by atoms with Gasteiger partial charge in [-0.2, -0.15) is 8.42 Å². The van der Waals surface area contributed by atoms with Gasteiger partial charge in [0.1, 0.15) is 16.9 Å². The van der Waals surface area contributed by atoms with Gasteiger partial charge in [-0.3, -0.25) is 18.7 Å². The van der Waals surface area contributed by atoms with Crippen LogP contribution in [0.4, 0.5) is 5.69 Å². The normalized spacial score (nSPS) is 12.4. The number of fused-ring (bicyclic) bond motifs is 1. The molecule has 0 bridgehead atoms. The lowest BCUT2D eigenvalue weighted by atomic mass is 9.89. The molecule has 1 unspecified atom stereocenters. The minimum atomic E-state index is -4.13. The Labute approximate surface area is 309 Å². The first-order valence-electron chi connectivity index (χ1n) is 17.4. The predicted molar refractivity (Wildman–Crippen MR) is 209 cm³/mol. The van der Waals surface area contributed by atoms with Crippen LogP contribution in [0.1, 0.15) is 61.0 Å². The van der Waals surface area contributed by atoms with Gasteiger partial charge in [-0.15, -0.1) is 0 Å². The summed E-state index contributed by atoms with van der Waals surface area (Å²) >= 11 is 0. The monoisotopic (exact) mass is 730 g/mol. The molecule has 0 spiro atoms. The lowest BCUT2D eigenvalue weighted by molar-refractivity contribution is -0.117. The summed E-state index contributed by atoms with van der Waals surface area (Å²) in [5.41, 5.74) is 5.82. The number of para-hydroxylation sites is 1. The molecule has 1 amide bonds. The average Bonchev–Trinajstić information content (AvgIpc) is 3.78. The van der Waals surface area contributed by atoms with Crippen LogP contribution in [0.25, 0.3) is 39.4 Å². The fourth-order valence-corrected chi connectivity index (χ4v) is 6.69. The smallest absolute Gasteiger partial charge is 0.264 e. The Morgan fingerprint density at radius 2 is 1.57 bits per heavy atom. The van der Waals surface area contributed by atoms with Crippen molar-refractivity contribution in [1.82, 2.24) is 4.57 Å². The van der Waals surface area contributed by atoms with Crippen LogP contribution in [0, 0.1) is 0 Å². The number of amides is 1. The van der Waals surface area contributed by atoms with Gasteiger partial charge in [-0.05, 0) is 105 Å². The summed E-state index contributed by atoms with van der Waals surface area (Å²) in [5, 5.41) is 4.11. The number of ketones is 1. The maximum atomic E-state index is 14.1. The van der Waals surface area contributed by atoms with Crippen molar-refractivity contribution in [2.45, 2.75) is 51.6 Å². The van der Waals surface area contributed by atoms with Gasteiger partial charge in [0.2, 0.25) is 5.91 Å². The van der Waals surface area contributed by atoms with Crippen LogP contribution < -0.4 is 5.32 Å². The third-order valence-electron chi connectivity index (χ3n) is 8.75. The number of carbonyl (C=O) groups is 2. The van der Waals surface area contributed by atoms with Gasteiger partial charge in [-0.25, -0.2) is 0 Å². The minimum absolute atomic E-state index is 0.00922. The number of rotatable bonds is 14. The molecule has 0 aliphatic heterocycles. The van der Waals surface area contributed by atoms with Gasteiger partial charge >= 0.3 is 0 Å². The van der Waals surface area contributed by atoms with Crippen LogP contribution in [0.2, 0.25) is 0 Å². The van der Waals surface area contributed by atoms with Crippen molar-refractivity contribution in [2.75, 3.05) is 11.1 Å². The number of hydrogen-bond acceptors (Lipinski definition) is 6. The Kier molecular flexibility index (Phi) is 10.8. The third-order valence-corrected chi connectivity index (χ3v) is 9.56. The lowest BCUT2D eigenvalue weighted by Crippen LogP contribution is -2.23. The molecule has 4 aromatic carbocycles. The molecule has 6 aromatic rings. The molecule has 2 aromatic heterocycles. The van der Waals surface area contributed by atoms with E-state index in [0.29, 0.717) is 23.6 Å². The third kappa shape index (κ3) is 9.59. The average molecular weight is 731 g/mol. The van der Waals surface area contributed by atoms with Crippen LogP contribution in [0.3, 0.4) is 0 Å². The molecular formula is C43H42N2O7S. The Morgan fingerprint density at radius 1 is 0.887 bits per heavy atom. The van der Waals surface area contributed by atoms with Crippen molar-refractivity contribution in [1.29, 1.82) is 0 Å². The number of ether oxygens (including phenoxy) is 1. The van der Waals surface area contributed by atoms with Crippen LogP contribution in [-0.2, 0) is 26.1 Å². The van der Waals surface area contributed by atoms with Crippen molar-refractivity contribution >= 4 is 44.3 Å². The summed E-state index contributed by atoms with van der Waals surface area (Å²) in [6.45, 7) is 10.0. The molecule has 0 saturated heterocycles. The summed E-state index contributed by atoms with van der Waals surface area (Å²) < 4.78 is 45.0. The van der Waals surface area contributed by atoms with Gasteiger partial charge in [-0.1, -0.05) is 66.7 Å². The standard InChI is InChI=1S/C43H42N2O7S/c1-29(52-43(2,3)4)45-25-7-10-38(45)32-19-17-31(18-20-32)37(27-30-13-15-33(16-14-30)39(46)11-8-26-53(48,49)50)42(47)44-36-23-21-34(22-24-36)41-28-35-9-5-6-12-40(35)51-41/h5-7,9-10,12-25,28,37H,1,8,11,26-27H2,2-4H3,(H,44,47)(H,48,49,50). The second-order valence-corrected chi connectivity index (χ2v) is 15.5. The fourth-order valence-electron chi connectivity index (χ4n) is 6.18. The largest absolute Gasteiger partial charge is 0.473 e. The lowest BCUT2D eigenvalue weighted by Gasteiger charge is -2.24. The Morgan fingerprint density at radius 3 is 2.23 bits per heavy atom. The second-order valence-electron chi connectivity index (χ2n) is 14.0. The molecule has 2 N–H and O–H groups in total. The fraction of sp³-hybridized carbons (Fsp3) is 0.209. The molecule has 9 nitrogen and oxygen atoms in total. The van der Waals surface area contributed by atoms with E-state index in [9.17, 15) is 18.0 Å². The highest BCUT2D eigenvalue weighted by atomic mass is 32.2. The Hall–Kier alpha value is -5.71. The van der Waals surface area contributed by atoms with E-state index in [1.165, 1.54) is 0 Å². The van der Waals surface area contributed by atoms with Crippen molar-refractivity contribution in [3.63, 3.8) is 0 Å². The van der Waals surface area contributed by atoms with E-state index in [1.54, 1.807) is 24.3 Å². The van der Waals surface area contributed by atoms with Gasteiger partial charge in [0.25, 0.3) is 10.1 Å². The molecule has 10 heteroatoms. The molecule has 2 heterocycles. The van der Waals surface area contributed by atoms with Crippen molar-refractivity contribution in [2.24, 2.45) is 0 Å². The zero-order chi connectivity index (χ0) is 37.8. The summed E-state index contributed by atoms with van der Waals surface area (Å²) in [6, 6.07) is 36.1. The number of furan rings is 1. The quantitative estimate of drug-likeness (QED) is 0.0649. The van der Waals surface area contributed by atoms with Crippen LogP contribution >= 0.6 is 0 Å². The van der Waals surface area contributed by atoms with Gasteiger partial charge < -0.3 is 14.5 Å². The maximum absolute atomic E-state index is 14.1.